The standard InChI is InChI=1S/C20H23ClN2O4S/c1-11-18(12(2)24)28-20(23(11)10-13-7-15(8-13)26-3)22-19(25)16-9-14(21)5-6-17(16)27-4/h5-6,9,13,15H,7-8,10H2,1-4H3/t13-,15+. The van der Waals surface area contributed by atoms with Gasteiger partial charge in [0.2, 0.25) is 0 Å². The zero-order valence-corrected chi connectivity index (χ0v) is 17.9. The number of carbonyl (C=O) groups excluding carboxylic acids is 2. The molecule has 0 radical (unpaired) electrons. The molecule has 0 saturated heterocycles. The molecule has 3 rings (SSSR count). The van der Waals surface area contributed by atoms with Gasteiger partial charge in [0.25, 0.3) is 5.91 Å². The molecule has 1 aliphatic rings. The normalized spacial score (nSPS) is 19.4. The van der Waals surface area contributed by atoms with Crippen molar-refractivity contribution in [3.8, 4) is 5.75 Å². The third-order valence-electron chi connectivity index (χ3n) is 5.03. The number of nitrogens with zero attached hydrogens (tertiary/aromatic N) is 2. The number of hydrogen-bond acceptors (Lipinski definition) is 5. The van der Waals surface area contributed by atoms with Crippen molar-refractivity contribution in [2.75, 3.05) is 14.2 Å². The highest BCUT2D eigenvalue weighted by molar-refractivity contribution is 7.11. The highest BCUT2D eigenvalue weighted by Gasteiger charge is 2.30. The largest absolute Gasteiger partial charge is 0.496 e. The minimum atomic E-state index is -0.451. The van der Waals surface area contributed by atoms with E-state index in [-0.39, 0.29) is 11.9 Å². The maximum Gasteiger partial charge on any atom is 0.283 e. The predicted molar refractivity (Wildman–Crippen MR) is 108 cm³/mol. The van der Waals surface area contributed by atoms with Gasteiger partial charge < -0.3 is 14.0 Å². The van der Waals surface area contributed by atoms with Gasteiger partial charge in [-0.25, -0.2) is 0 Å². The Morgan fingerprint density at radius 3 is 2.64 bits per heavy atom. The van der Waals surface area contributed by atoms with E-state index in [2.05, 4.69) is 4.99 Å². The number of Topliss-reactive ketones (excluding diaryl/α,β-unsaturated/α-hetero) is 1. The molecule has 1 aromatic heterocycles. The average molecular weight is 423 g/mol. The smallest absolute Gasteiger partial charge is 0.283 e. The molecule has 0 bridgehead atoms. The first kappa shape index (κ1) is 20.8. The summed E-state index contributed by atoms with van der Waals surface area (Å²) in [5, 5.41) is 0.430. The van der Waals surface area contributed by atoms with Crippen LogP contribution in [-0.2, 0) is 11.3 Å². The molecule has 1 aromatic carbocycles. The van der Waals surface area contributed by atoms with Gasteiger partial charge in [-0.2, -0.15) is 4.99 Å². The zero-order chi connectivity index (χ0) is 20.4. The van der Waals surface area contributed by atoms with Gasteiger partial charge in [-0.05, 0) is 43.9 Å². The van der Waals surface area contributed by atoms with Gasteiger partial charge in [0, 0.05) is 31.3 Å². The van der Waals surface area contributed by atoms with Crippen molar-refractivity contribution >= 4 is 34.6 Å². The van der Waals surface area contributed by atoms with E-state index in [0.29, 0.717) is 38.5 Å². The molecular weight excluding hydrogens is 400 g/mol. The fourth-order valence-corrected chi connectivity index (χ4v) is 4.59. The minimum Gasteiger partial charge on any atom is -0.496 e. The van der Waals surface area contributed by atoms with Crippen molar-refractivity contribution in [2.24, 2.45) is 10.9 Å². The molecule has 0 aliphatic heterocycles. The summed E-state index contributed by atoms with van der Waals surface area (Å²) < 4.78 is 12.6. The lowest BCUT2D eigenvalue weighted by Crippen LogP contribution is -2.35. The van der Waals surface area contributed by atoms with Crippen molar-refractivity contribution < 1.29 is 19.1 Å². The lowest BCUT2D eigenvalue weighted by molar-refractivity contribution is -0.00479. The molecule has 1 heterocycles. The van der Waals surface area contributed by atoms with E-state index in [4.69, 9.17) is 21.1 Å². The van der Waals surface area contributed by atoms with Gasteiger partial charge in [0.05, 0.1) is 23.7 Å². The van der Waals surface area contributed by atoms with E-state index >= 15 is 0 Å². The Balaban J connectivity index is 2.00. The Bertz CT molecular complexity index is 973. The number of carbonyl (C=O) groups is 2. The third-order valence-corrected chi connectivity index (χ3v) is 6.55. The van der Waals surface area contributed by atoms with Crippen LogP contribution >= 0.6 is 22.9 Å². The molecule has 0 atom stereocenters. The summed E-state index contributed by atoms with van der Waals surface area (Å²) in [4.78, 5) is 30.3. The second kappa shape index (κ2) is 8.59. The minimum absolute atomic E-state index is 0.0335. The number of ketones is 1. The summed E-state index contributed by atoms with van der Waals surface area (Å²) >= 11 is 7.28. The van der Waals surface area contributed by atoms with Crippen molar-refractivity contribution in [1.82, 2.24) is 4.57 Å². The Hall–Kier alpha value is -1.96. The fraction of sp³-hybridized carbons (Fsp3) is 0.450. The molecule has 0 spiro atoms. The van der Waals surface area contributed by atoms with Gasteiger partial charge in [0.15, 0.2) is 10.6 Å². The number of hydrogen-bond donors (Lipinski definition) is 0. The topological polar surface area (TPSA) is 69.9 Å². The lowest BCUT2D eigenvalue weighted by atomic mass is 9.82. The van der Waals surface area contributed by atoms with Crippen molar-refractivity contribution in [3.05, 3.63) is 44.2 Å². The molecule has 1 aliphatic carbocycles. The first-order valence-electron chi connectivity index (χ1n) is 9.00. The molecule has 1 fully saturated rings. The van der Waals surface area contributed by atoms with Crippen LogP contribution < -0.4 is 9.54 Å². The van der Waals surface area contributed by atoms with Crippen LogP contribution in [0.5, 0.6) is 5.75 Å². The molecule has 2 aromatic rings. The Morgan fingerprint density at radius 2 is 2.04 bits per heavy atom. The molecule has 6 nitrogen and oxygen atoms in total. The number of thiazole rings is 1. The second-order valence-corrected chi connectivity index (χ2v) is 8.34. The van der Waals surface area contributed by atoms with Gasteiger partial charge in [-0.1, -0.05) is 22.9 Å². The molecule has 0 N–H and O–H groups in total. The van der Waals surface area contributed by atoms with E-state index in [9.17, 15) is 9.59 Å². The quantitative estimate of drug-likeness (QED) is 0.662. The maximum atomic E-state index is 12.8. The summed E-state index contributed by atoms with van der Waals surface area (Å²) in [6.45, 7) is 4.12. The van der Waals surface area contributed by atoms with Crippen LogP contribution in [0.1, 0.15) is 45.5 Å². The van der Waals surface area contributed by atoms with Crippen LogP contribution in [0.15, 0.2) is 23.2 Å². The lowest BCUT2D eigenvalue weighted by Gasteiger charge is -2.34. The number of rotatable bonds is 6. The molecule has 1 saturated carbocycles. The van der Waals surface area contributed by atoms with Crippen molar-refractivity contribution in [3.63, 3.8) is 0 Å². The highest BCUT2D eigenvalue weighted by Crippen LogP contribution is 2.31. The Morgan fingerprint density at radius 1 is 1.32 bits per heavy atom. The van der Waals surface area contributed by atoms with Gasteiger partial charge >= 0.3 is 0 Å². The number of amides is 1. The summed E-state index contributed by atoms with van der Waals surface area (Å²) in [6, 6.07) is 4.83. The van der Waals surface area contributed by atoms with Crippen LogP contribution in [0.3, 0.4) is 0 Å². The summed E-state index contributed by atoms with van der Waals surface area (Å²) in [5.41, 5.74) is 1.13. The van der Waals surface area contributed by atoms with E-state index in [1.54, 1.807) is 19.2 Å². The maximum absolute atomic E-state index is 12.8. The number of methoxy groups -OCH3 is 2. The monoisotopic (exact) mass is 422 g/mol. The third kappa shape index (κ3) is 4.21. The predicted octanol–water partition coefficient (Wildman–Crippen LogP) is 3.89. The SMILES string of the molecule is COc1ccc(Cl)cc1C(=O)N=c1sc(C(C)=O)c(C)n1C[C@H]1C[C@@H](OC)C1. The second-order valence-electron chi connectivity index (χ2n) is 6.92. The number of ether oxygens (including phenoxy) is 2. The summed E-state index contributed by atoms with van der Waals surface area (Å²) in [7, 11) is 3.21. The molecule has 0 unspecified atom stereocenters. The zero-order valence-electron chi connectivity index (χ0n) is 16.3. The van der Waals surface area contributed by atoms with Crippen LogP contribution in [0.2, 0.25) is 5.02 Å². The Kier molecular flexibility index (Phi) is 6.37. The highest BCUT2D eigenvalue weighted by atomic mass is 35.5. The molecule has 150 valence electrons. The Labute approximate surface area is 172 Å². The van der Waals surface area contributed by atoms with Crippen molar-refractivity contribution in [1.29, 1.82) is 0 Å². The summed E-state index contributed by atoms with van der Waals surface area (Å²) in [5.74, 6) is 0.362. The van der Waals surface area contributed by atoms with Crippen LogP contribution in [0, 0.1) is 12.8 Å². The van der Waals surface area contributed by atoms with Gasteiger partial charge in [-0.3, -0.25) is 9.59 Å². The van der Waals surface area contributed by atoms with E-state index in [0.717, 1.165) is 18.5 Å². The van der Waals surface area contributed by atoms with E-state index in [1.807, 2.05) is 11.5 Å². The molecular formula is C20H23ClN2O4S. The van der Waals surface area contributed by atoms with Crippen LogP contribution in [-0.4, -0.2) is 36.6 Å². The molecule has 8 heteroatoms. The summed E-state index contributed by atoms with van der Waals surface area (Å²) in [6.07, 6.45) is 2.21. The van der Waals surface area contributed by atoms with Gasteiger partial charge in [-0.15, -0.1) is 0 Å². The van der Waals surface area contributed by atoms with Crippen LogP contribution in [0.4, 0.5) is 0 Å². The molecule has 28 heavy (non-hydrogen) atoms. The fourth-order valence-electron chi connectivity index (χ4n) is 3.38. The number of halogens is 1. The first-order chi connectivity index (χ1) is 13.3. The van der Waals surface area contributed by atoms with E-state index < -0.39 is 5.91 Å². The number of aromatic nitrogens is 1. The van der Waals surface area contributed by atoms with Crippen molar-refractivity contribution in [2.45, 2.75) is 39.3 Å². The van der Waals surface area contributed by atoms with Crippen LogP contribution in [0.25, 0.3) is 0 Å². The first-order valence-corrected chi connectivity index (χ1v) is 10.2. The average Bonchev–Trinajstić information content (AvgIpc) is 2.93. The number of benzene rings is 1. The van der Waals surface area contributed by atoms with E-state index in [1.165, 1.54) is 31.4 Å². The molecule has 1 amide bonds. The van der Waals surface area contributed by atoms with Gasteiger partial charge in [0.1, 0.15) is 5.75 Å².